The smallest absolute Gasteiger partial charge is 0.404 e. The maximum atomic E-state index is 10.6. The molecule has 108 valence electrons. The first-order valence-corrected chi connectivity index (χ1v) is 7.69. The maximum absolute atomic E-state index is 10.6. The topological polar surface area (TPSA) is 68.3 Å². The lowest BCUT2D eigenvalue weighted by Crippen LogP contribution is -2.38. The average molecular weight is 276 g/mol. The summed E-state index contributed by atoms with van der Waals surface area (Å²) >= 11 is 0. The van der Waals surface area contributed by atoms with Crippen molar-refractivity contribution < 1.29 is 9.34 Å². The van der Waals surface area contributed by atoms with E-state index in [1.54, 1.807) is 6.07 Å². The largest absolute Gasteiger partial charge is 0.433 e. The van der Waals surface area contributed by atoms with Crippen LogP contribution < -0.4 is 5.32 Å². The van der Waals surface area contributed by atoms with Crippen LogP contribution in [0.1, 0.15) is 37.9 Å². The van der Waals surface area contributed by atoms with E-state index in [-0.39, 0.29) is 5.88 Å². The Morgan fingerprint density at radius 2 is 2.10 bits per heavy atom. The second kappa shape index (κ2) is 4.58. The summed E-state index contributed by atoms with van der Waals surface area (Å²) in [4.78, 5) is 10.1. The Bertz CT molecular complexity index is 527. The Kier molecular flexibility index (Phi) is 2.84. The minimum absolute atomic E-state index is 0.161. The van der Waals surface area contributed by atoms with E-state index in [1.807, 2.05) is 0 Å². The SMILES string of the molecule is O=[N+]([O-])c1ccc(CNC2CC3CC2C2CCCC32)o1. The van der Waals surface area contributed by atoms with Gasteiger partial charge >= 0.3 is 5.88 Å². The Hall–Kier alpha value is -1.36. The fourth-order valence-electron chi connectivity index (χ4n) is 5.09. The highest BCUT2D eigenvalue weighted by atomic mass is 16.6. The summed E-state index contributed by atoms with van der Waals surface area (Å²) in [7, 11) is 0. The van der Waals surface area contributed by atoms with Crippen LogP contribution >= 0.6 is 0 Å². The highest BCUT2D eigenvalue weighted by Gasteiger charge is 2.53. The molecule has 3 fully saturated rings. The van der Waals surface area contributed by atoms with Crippen LogP contribution in [0.4, 0.5) is 5.88 Å². The number of nitrogens with one attached hydrogen (secondary N) is 1. The highest BCUT2D eigenvalue weighted by molar-refractivity contribution is 5.18. The standard InChI is InChI=1S/C15H20N2O3/c18-17(19)15-5-4-10(20-15)8-16-14-7-9-6-13(14)12-3-1-2-11(9)12/h4-5,9,11-14,16H,1-3,6-8H2. The van der Waals surface area contributed by atoms with E-state index in [4.69, 9.17) is 4.42 Å². The predicted octanol–water partition coefficient (Wildman–Crippen LogP) is 3.10. The second-order valence-electron chi connectivity index (χ2n) is 6.64. The van der Waals surface area contributed by atoms with Gasteiger partial charge in [0.25, 0.3) is 0 Å². The maximum Gasteiger partial charge on any atom is 0.433 e. The molecule has 20 heavy (non-hydrogen) atoms. The second-order valence-corrected chi connectivity index (χ2v) is 6.64. The van der Waals surface area contributed by atoms with Gasteiger partial charge in [-0.25, -0.2) is 0 Å². The summed E-state index contributed by atoms with van der Waals surface area (Å²) in [5.74, 6) is 4.21. The molecule has 5 atom stereocenters. The lowest BCUT2D eigenvalue weighted by Gasteiger charge is -2.32. The minimum Gasteiger partial charge on any atom is -0.404 e. The molecule has 0 aliphatic heterocycles. The van der Waals surface area contributed by atoms with Crippen molar-refractivity contribution in [3.8, 4) is 0 Å². The molecule has 3 saturated carbocycles. The van der Waals surface area contributed by atoms with E-state index in [2.05, 4.69) is 5.32 Å². The molecule has 5 nitrogen and oxygen atoms in total. The molecule has 5 unspecified atom stereocenters. The van der Waals surface area contributed by atoms with Crippen molar-refractivity contribution in [3.05, 3.63) is 28.0 Å². The lowest BCUT2D eigenvalue weighted by atomic mass is 9.79. The molecule has 0 spiro atoms. The third-order valence-corrected chi connectivity index (χ3v) is 5.79. The molecular weight excluding hydrogens is 256 g/mol. The van der Waals surface area contributed by atoms with Gasteiger partial charge < -0.3 is 9.73 Å². The molecule has 1 aromatic heterocycles. The molecular formula is C15H20N2O3. The normalized spacial score (nSPS) is 38.3. The molecule has 0 saturated heterocycles. The van der Waals surface area contributed by atoms with Crippen molar-refractivity contribution in [2.24, 2.45) is 23.7 Å². The van der Waals surface area contributed by atoms with Crippen molar-refractivity contribution in [1.29, 1.82) is 0 Å². The molecule has 4 rings (SSSR count). The number of rotatable bonds is 4. The number of nitrogens with zero attached hydrogens (tertiary/aromatic N) is 1. The van der Waals surface area contributed by atoms with Crippen LogP contribution in [0, 0.1) is 33.8 Å². The van der Waals surface area contributed by atoms with Crippen molar-refractivity contribution in [3.63, 3.8) is 0 Å². The monoisotopic (exact) mass is 276 g/mol. The molecule has 0 radical (unpaired) electrons. The van der Waals surface area contributed by atoms with Crippen molar-refractivity contribution in [1.82, 2.24) is 5.32 Å². The van der Waals surface area contributed by atoms with E-state index >= 15 is 0 Å². The average Bonchev–Trinajstić information content (AvgIpc) is 3.17. The van der Waals surface area contributed by atoms with Gasteiger partial charge in [0.2, 0.25) is 0 Å². The first-order chi connectivity index (χ1) is 9.72. The van der Waals surface area contributed by atoms with Crippen LogP contribution in [0.2, 0.25) is 0 Å². The van der Waals surface area contributed by atoms with Gasteiger partial charge in [0, 0.05) is 6.04 Å². The van der Waals surface area contributed by atoms with Gasteiger partial charge in [0.1, 0.15) is 10.7 Å². The minimum atomic E-state index is -0.482. The predicted molar refractivity (Wildman–Crippen MR) is 73.0 cm³/mol. The van der Waals surface area contributed by atoms with E-state index in [0.717, 1.165) is 23.7 Å². The zero-order valence-electron chi connectivity index (χ0n) is 11.5. The molecule has 3 aliphatic rings. The molecule has 5 heteroatoms. The molecule has 1 heterocycles. The first-order valence-electron chi connectivity index (χ1n) is 7.69. The summed E-state index contributed by atoms with van der Waals surface area (Å²) in [6.07, 6.45) is 6.96. The highest BCUT2D eigenvalue weighted by Crippen LogP contribution is 2.58. The zero-order valence-corrected chi connectivity index (χ0v) is 11.5. The number of nitro groups is 1. The number of hydrogen-bond acceptors (Lipinski definition) is 4. The van der Waals surface area contributed by atoms with Gasteiger partial charge in [-0.2, -0.15) is 0 Å². The van der Waals surface area contributed by atoms with Crippen molar-refractivity contribution in [2.45, 2.75) is 44.7 Å². The van der Waals surface area contributed by atoms with Crippen LogP contribution in [-0.4, -0.2) is 11.0 Å². The zero-order chi connectivity index (χ0) is 13.7. The van der Waals surface area contributed by atoms with Crippen LogP contribution in [0.15, 0.2) is 16.5 Å². The van der Waals surface area contributed by atoms with Gasteiger partial charge in [0.05, 0.1) is 12.6 Å². The third kappa shape index (κ3) is 1.87. The molecule has 1 N–H and O–H groups in total. The summed E-state index contributed by atoms with van der Waals surface area (Å²) in [6, 6.07) is 3.73. The summed E-state index contributed by atoms with van der Waals surface area (Å²) in [5.41, 5.74) is 0. The van der Waals surface area contributed by atoms with Crippen LogP contribution in [0.3, 0.4) is 0 Å². The molecule has 0 aromatic carbocycles. The molecule has 0 amide bonds. The van der Waals surface area contributed by atoms with E-state index < -0.39 is 4.92 Å². The van der Waals surface area contributed by atoms with Gasteiger partial charge in [-0.15, -0.1) is 0 Å². The van der Waals surface area contributed by atoms with Gasteiger partial charge in [-0.1, -0.05) is 6.42 Å². The number of furan rings is 1. The summed E-state index contributed by atoms with van der Waals surface area (Å²) in [5, 5.41) is 14.2. The van der Waals surface area contributed by atoms with Gasteiger partial charge in [-0.05, 0) is 55.4 Å². The van der Waals surface area contributed by atoms with Crippen LogP contribution in [-0.2, 0) is 6.54 Å². The number of fused-ring (bicyclic) bond motifs is 5. The summed E-state index contributed by atoms with van der Waals surface area (Å²) < 4.78 is 5.21. The Labute approximate surface area is 117 Å². The fourth-order valence-corrected chi connectivity index (χ4v) is 5.09. The number of hydrogen-bond donors (Lipinski definition) is 1. The van der Waals surface area contributed by atoms with Crippen molar-refractivity contribution in [2.75, 3.05) is 0 Å². The van der Waals surface area contributed by atoms with Gasteiger partial charge in [0.15, 0.2) is 0 Å². The van der Waals surface area contributed by atoms with E-state index in [1.165, 1.54) is 38.2 Å². The first kappa shape index (κ1) is 12.4. The molecule has 3 aliphatic carbocycles. The van der Waals surface area contributed by atoms with Crippen molar-refractivity contribution >= 4 is 5.88 Å². The quantitative estimate of drug-likeness (QED) is 0.677. The van der Waals surface area contributed by atoms with Crippen LogP contribution in [0.5, 0.6) is 0 Å². The van der Waals surface area contributed by atoms with Gasteiger partial charge in [-0.3, -0.25) is 10.1 Å². The molecule has 2 bridgehead atoms. The van der Waals surface area contributed by atoms with E-state index in [0.29, 0.717) is 18.3 Å². The van der Waals surface area contributed by atoms with Crippen LogP contribution in [0.25, 0.3) is 0 Å². The fraction of sp³-hybridized carbons (Fsp3) is 0.733. The lowest BCUT2D eigenvalue weighted by molar-refractivity contribution is -0.402. The Balaban J connectivity index is 1.37. The molecule has 1 aromatic rings. The van der Waals surface area contributed by atoms with E-state index in [9.17, 15) is 10.1 Å². The Morgan fingerprint density at radius 1 is 1.25 bits per heavy atom. The summed E-state index contributed by atoms with van der Waals surface area (Å²) in [6.45, 7) is 0.610. The third-order valence-electron chi connectivity index (χ3n) is 5.79. The Morgan fingerprint density at radius 3 is 2.90 bits per heavy atom.